The van der Waals surface area contributed by atoms with Crippen LogP contribution in [0.15, 0.2) is 65.5 Å². The van der Waals surface area contributed by atoms with E-state index >= 15 is 0 Å². The first-order chi connectivity index (χ1) is 14.6. The Morgan fingerprint density at radius 1 is 1.07 bits per heavy atom. The van der Waals surface area contributed by atoms with Crippen molar-refractivity contribution in [1.29, 1.82) is 0 Å². The molecule has 1 aliphatic heterocycles. The number of halogens is 1. The Balaban J connectivity index is 1.50. The van der Waals surface area contributed by atoms with E-state index in [2.05, 4.69) is 15.3 Å². The van der Waals surface area contributed by atoms with Crippen molar-refractivity contribution in [3.8, 4) is 5.69 Å². The fourth-order valence-electron chi connectivity index (χ4n) is 3.26. The van der Waals surface area contributed by atoms with Gasteiger partial charge in [0.15, 0.2) is 0 Å². The Morgan fingerprint density at radius 3 is 2.60 bits per heavy atom. The minimum Gasteiger partial charge on any atom is -0.379 e. The summed E-state index contributed by atoms with van der Waals surface area (Å²) >= 11 is 0. The second-order valence-corrected chi connectivity index (χ2v) is 6.99. The van der Waals surface area contributed by atoms with Crippen LogP contribution >= 0.6 is 0 Å². The predicted molar refractivity (Wildman–Crippen MR) is 110 cm³/mol. The molecule has 1 amide bonds. The van der Waals surface area contributed by atoms with E-state index in [9.17, 15) is 14.0 Å². The topological polar surface area (TPSA) is 76.5 Å². The van der Waals surface area contributed by atoms with Gasteiger partial charge in [0.2, 0.25) is 0 Å². The highest BCUT2D eigenvalue weighted by Gasteiger charge is 2.13. The standard InChI is InChI=1S/C22H21FN4O3/c23-17-4-6-19(7-5-17)27-21(28)9-8-20(25-27)22(29)24-18-3-1-2-16(14-18)15-26-10-12-30-13-11-26/h1-9,14H,10-13,15H2,(H,24,29). The van der Waals surface area contributed by atoms with Crippen LogP contribution in [0.4, 0.5) is 10.1 Å². The minimum atomic E-state index is -0.436. The Labute approximate surface area is 172 Å². The number of carbonyl (C=O) groups is 1. The van der Waals surface area contributed by atoms with Gasteiger partial charge in [-0.3, -0.25) is 14.5 Å². The van der Waals surface area contributed by atoms with E-state index in [-0.39, 0.29) is 5.69 Å². The van der Waals surface area contributed by atoms with Gasteiger partial charge in [-0.2, -0.15) is 9.78 Å². The molecule has 1 N–H and O–H groups in total. The summed E-state index contributed by atoms with van der Waals surface area (Å²) in [4.78, 5) is 27.1. The number of hydrogen-bond donors (Lipinski definition) is 1. The van der Waals surface area contributed by atoms with Gasteiger partial charge in [0.05, 0.1) is 18.9 Å². The van der Waals surface area contributed by atoms with Crippen LogP contribution in [0.25, 0.3) is 5.69 Å². The number of anilines is 1. The van der Waals surface area contributed by atoms with Crippen molar-refractivity contribution in [2.45, 2.75) is 6.54 Å². The quantitative estimate of drug-likeness (QED) is 0.702. The third kappa shape index (κ3) is 4.79. The lowest BCUT2D eigenvalue weighted by molar-refractivity contribution is 0.0342. The lowest BCUT2D eigenvalue weighted by Crippen LogP contribution is -2.35. The van der Waals surface area contributed by atoms with E-state index in [0.29, 0.717) is 11.4 Å². The number of nitrogens with one attached hydrogen (secondary N) is 1. The number of rotatable bonds is 5. The van der Waals surface area contributed by atoms with Crippen molar-refractivity contribution in [2.24, 2.45) is 0 Å². The molecule has 0 atom stereocenters. The molecule has 0 bridgehead atoms. The molecule has 1 saturated heterocycles. The average molecular weight is 408 g/mol. The number of carbonyl (C=O) groups excluding carboxylic acids is 1. The maximum Gasteiger partial charge on any atom is 0.276 e. The second kappa shape index (κ2) is 8.98. The first kappa shape index (κ1) is 19.9. The number of amides is 1. The minimum absolute atomic E-state index is 0.0810. The van der Waals surface area contributed by atoms with E-state index in [0.717, 1.165) is 43.1 Å². The normalized spacial score (nSPS) is 14.4. The van der Waals surface area contributed by atoms with Crippen molar-refractivity contribution in [1.82, 2.24) is 14.7 Å². The molecular weight excluding hydrogens is 387 g/mol. The van der Waals surface area contributed by atoms with Crippen LogP contribution < -0.4 is 10.9 Å². The van der Waals surface area contributed by atoms with Crippen molar-refractivity contribution in [2.75, 3.05) is 31.6 Å². The van der Waals surface area contributed by atoms with Gasteiger partial charge in [-0.15, -0.1) is 0 Å². The van der Waals surface area contributed by atoms with E-state index in [1.165, 1.54) is 36.4 Å². The maximum atomic E-state index is 13.2. The molecule has 2 heterocycles. The van der Waals surface area contributed by atoms with Gasteiger partial charge >= 0.3 is 0 Å². The number of hydrogen-bond acceptors (Lipinski definition) is 5. The zero-order chi connectivity index (χ0) is 20.9. The fraction of sp³-hybridized carbons (Fsp3) is 0.227. The monoisotopic (exact) mass is 408 g/mol. The molecule has 1 aliphatic rings. The van der Waals surface area contributed by atoms with Gasteiger partial charge in [-0.05, 0) is 48.0 Å². The molecule has 1 aromatic heterocycles. The van der Waals surface area contributed by atoms with Crippen LogP contribution in [0.5, 0.6) is 0 Å². The molecule has 0 spiro atoms. The lowest BCUT2D eigenvalue weighted by atomic mass is 10.1. The molecule has 8 heteroatoms. The second-order valence-electron chi connectivity index (χ2n) is 6.99. The number of benzene rings is 2. The molecule has 1 fully saturated rings. The zero-order valence-electron chi connectivity index (χ0n) is 16.3. The molecular formula is C22H21FN4O3. The van der Waals surface area contributed by atoms with Crippen LogP contribution in [-0.4, -0.2) is 46.9 Å². The summed E-state index contributed by atoms with van der Waals surface area (Å²) < 4.78 is 19.6. The van der Waals surface area contributed by atoms with Crippen LogP contribution in [0.2, 0.25) is 0 Å². The summed E-state index contributed by atoms with van der Waals surface area (Å²) in [5.74, 6) is -0.855. The molecule has 0 saturated carbocycles. The van der Waals surface area contributed by atoms with Crippen LogP contribution in [0.3, 0.4) is 0 Å². The molecule has 0 unspecified atom stereocenters. The van der Waals surface area contributed by atoms with Gasteiger partial charge in [-0.1, -0.05) is 12.1 Å². The Morgan fingerprint density at radius 2 is 1.83 bits per heavy atom. The average Bonchev–Trinajstić information content (AvgIpc) is 2.76. The number of ether oxygens (including phenoxy) is 1. The Hall–Kier alpha value is -3.36. The molecule has 2 aromatic carbocycles. The molecule has 154 valence electrons. The van der Waals surface area contributed by atoms with Crippen molar-refractivity contribution in [3.63, 3.8) is 0 Å². The third-order valence-electron chi connectivity index (χ3n) is 4.80. The van der Waals surface area contributed by atoms with Gasteiger partial charge in [0, 0.05) is 31.4 Å². The molecule has 30 heavy (non-hydrogen) atoms. The zero-order valence-corrected chi connectivity index (χ0v) is 16.3. The summed E-state index contributed by atoms with van der Waals surface area (Å²) in [5.41, 5.74) is 1.78. The highest BCUT2D eigenvalue weighted by atomic mass is 19.1. The fourth-order valence-corrected chi connectivity index (χ4v) is 3.26. The Kier molecular flexibility index (Phi) is 5.97. The first-order valence-electron chi connectivity index (χ1n) is 9.65. The summed E-state index contributed by atoms with van der Waals surface area (Å²) in [6.45, 7) is 4.00. The smallest absolute Gasteiger partial charge is 0.276 e. The largest absolute Gasteiger partial charge is 0.379 e. The molecule has 7 nitrogen and oxygen atoms in total. The van der Waals surface area contributed by atoms with E-state index in [1.54, 1.807) is 6.07 Å². The van der Waals surface area contributed by atoms with Crippen molar-refractivity contribution in [3.05, 3.63) is 88.1 Å². The number of aromatic nitrogens is 2. The summed E-state index contributed by atoms with van der Waals surface area (Å²) in [5, 5.41) is 6.95. The van der Waals surface area contributed by atoms with Crippen LogP contribution in [0.1, 0.15) is 16.1 Å². The van der Waals surface area contributed by atoms with Crippen molar-refractivity contribution < 1.29 is 13.9 Å². The highest BCUT2D eigenvalue weighted by Crippen LogP contribution is 2.15. The van der Waals surface area contributed by atoms with Crippen molar-refractivity contribution >= 4 is 11.6 Å². The molecule has 3 aromatic rings. The van der Waals surface area contributed by atoms with Gasteiger partial charge < -0.3 is 10.1 Å². The van der Waals surface area contributed by atoms with E-state index < -0.39 is 17.3 Å². The first-order valence-corrected chi connectivity index (χ1v) is 9.65. The number of nitrogens with zero attached hydrogens (tertiary/aromatic N) is 3. The molecule has 0 aliphatic carbocycles. The maximum absolute atomic E-state index is 13.2. The SMILES string of the molecule is O=C(Nc1cccc(CN2CCOCC2)c1)c1ccc(=O)n(-c2ccc(F)cc2)n1. The highest BCUT2D eigenvalue weighted by molar-refractivity contribution is 6.02. The Bertz CT molecular complexity index is 1090. The van der Waals surface area contributed by atoms with Gasteiger partial charge in [-0.25, -0.2) is 4.39 Å². The molecule has 0 radical (unpaired) electrons. The summed E-state index contributed by atoms with van der Waals surface area (Å²) in [6, 6.07) is 15.6. The van der Waals surface area contributed by atoms with Gasteiger partial charge in [0.1, 0.15) is 11.5 Å². The van der Waals surface area contributed by atoms with Gasteiger partial charge in [0.25, 0.3) is 11.5 Å². The summed E-state index contributed by atoms with van der Waals surface area (Å²) in [7, 11) is 0. The van der Waals surface area contributed by atoms with Crippen LogP contribution in [-0.2, 0) is 11.3 Å². The van der Waals surface area contributed by atoms with E-state index in [4.69, 9.17) is 4.74 Å². The molecule has 4 rings (SSSR count). The number of morpholine rings is 1. The third-order valence-corrected chi connectivity index (χ3v) is 4.80. The van der Waals surface area contributed by atoms with Crippen LogP contribution in [0, 0.1) is 5.82 Å². The summed E-state index contributed by atoms with van der Waals surface area (Å²) in [6.07, 6.45) is 0. The van der Waals surface area contributed by atoms with E-state index in [1.807, 2.05) is 18.2 Å². The predicted octanol–water partition coefficient (Wildman–Crippen LogP) is 2.46. The lowest BCUT2D eigenvalue weighted by Gasteiger charge is -2.26.